The van der Waals surface area contributed by atoms with Gasteiger partial charge in [0.1, 0.15) is 12.1 Å². The first-order valence-corrected chi connectivity index (χ1v) is 7.25. The average molecular weight is 307 g/mol. The topological polar surface area (TPSA) is 55.1 Å². The van der Waals surface area contributed by atoms with Crippen molar-refractivity contribution in [3.63, 3.8) is 0 Å². The molecule has 2 heterocycles. The molecule has 0 fully saturated rings. The van der Waals surface area contributed by atoms with Gasteiger partial charge >= 0.3 is 0 Å². The Morgan fingerprint density at radius 1 is 1.09 bits per heavy atom. The van der Waals surface area contributed by atoms with Crippen LogP contribution in [0, 0.1) is 19.7 Å². The highest BCUT2D eigenvalue weighted by atomic mass is 19.1. The monoisotopic (exact) mass is 307 g/mol. The van der Waals surface area contributed by atoms with Gasteiger partial charge in [0.05, 0.1) is 11.0 Å². The van der Waals surface area contributed by atoms with Gasteiger partial charge < -0.3 is 5.32 Å². The second kappa shape index (κ2) is 5.01. The van der Waals surface area contributed by atoms with Crippen molar-refractivity contribution in [2.45, 2.75) is 13.8 Å². The summed E-state index contributed by atoms with van der Waals surface area (Å²) in [5.41, 5.74) is 5.15. The molecule has 5 nitrogen and oxygen atoms in total. The van der Waals surface area contributed by atoms with Crippen LogP contribution in [0.3, 0.4) is 0 Å². The van der Waals surface area contributed by atoms with Crippen LogP contribution in [-0.4, -0.2) is 19.6 Å². The molecule has 114 valence electrons. The van der Waals surface area contributed by atoms with Crippen molar-refractivity contribution >= 4 is 28.2 Å². The number of hydrogen-bond donors (Lipinski definition) is 1. The molecule has 0 spiro atoms. The van der Waals surface area contributed by atoms with E-state index < -0.39 is 0 Å². The third-order valence-corrected chi connectivity index (χ3v) is 3.82. The molecule has 0 unspecified atom stereocenters. The lowest BCUT2D eigenvalue weighted by Gasteiger charge is -2.11. The predicted molar refractivity (Wildman–Crippen MR) is 87.4 cm³/mol. The van der Waals surface area contributed by atoms with Gasteiger partial charge in [-0.1, -0.05) is 6.07 Å². The standard InChI is InChI=1S/C17H14FN5/c1-10-3-5-14-15(7-10)23-9-19-22-17(23)16(21-14)20-13-6-4-12(18)8-11(13)2/h3-9H,1-2H3,(H,20,21). The number of aromatic nitrogens is 4. The first-order valence-electron chi connectivity index (χ1n) is 7.25. The summed E-state index contributed by atoms with van der Waals surface area (Å²) >= 11 is 0. The molecule has 23 heavy (non-hydrogen) atoms. The highest BCUT2D eigenvalue weighted by Gasteiger charge is 2.11. The Morgan fingerprint density at radius 3 is 2.78 bits per heavy atom. The van der Waals surface area contributed by atoms with Crippen LogP contribution < -0.4 is 5.32 Å². The van der Waals surface area contributed by atoms with Crippen molar-refractivity contribution in [2.24, 2.45) is 0 Å². The molecular weight excluding hydrogens is 293 g/mol. The van der Waals surface area contributed by atoms with Crippen molar-refractivity contribution in [1.82, 2.24) is 19.6 Å². The average Bonchev–Trinajstić information content (AvgIpc) is 3.01. The Kier molecular flexibility index (Phi) is 2.97. The Morgan fingerprint density at radius 2 is 1.96 bits per heavy atom. The molecule has 0 bridgehead atoms. The molecule has 0 saturated heterocycles. The Balaban J connectivity index is 1.91. The summed E-state index contributed by atoms with van der Waals surface area (Å²) in [6.45, 7) is 3.88. The van der Waals surface area contributed by atoms with Gasteiger partial charge in [0.2, 0.25) is 5.65 Å². The van der Waals surface area contributed by atoms with Crippen LogP contribution >= 0.6 is 0 Å². The third kappa shape index (κ3) is 2.28. The van der Waals surface area contributed by atoms with E-state index in [-0.39, 0.29) is 5.82 Å². The zero-order valence-corrected chi connectivity index (χ0v) is 12.7. The molecule has 0 atom stereocenters. The number of nitrogens with zero attached hydrogens (tertiary/aromatic N) is 4. The van der Waals surface area contributed by atoms with Gasteiger partial charge in [0, 0.05) is 5.69 Å². The van der Waals surface area contributed by atoms with Gasteiger partial charge in [-0.15, -0.1) is 10.2 Å². The maximum atomic E-state index is 13.3. The van der Waals surface area contributed by atoms with Crippen LogP contribution in [0.4, 0.5) is 15.9 Å². The first-order chi connectivity index (χ1) is 11.1. The number of hydrogen-bond acceptors (Lipinski definition) is 4. The van der Waals surface area contributed by atoms with Gasteiger partial charge in [-0.2, -0.15) is 0 Å². The normalized spacial score (nSPS) is 11.3. The molecule has 0 aliphatic heterocycles. The van der Waals surface area contributed by atoms with Crippen molar-refractivity contribution in [2.75, 3.05) is 5.32 Å². The molecule has 0 aliphatic rings. The fourth-order valence-electron chi connectivity index (χ4n) is 2.64. The van der Waals surface area contributed by atoms with Crippen LogP contribution in [0.15, 0.2) is 42.7 Å². The minimum atomic E-state index is -0.261. The fraction of sp³-hybridized carbons (Fsp3) is 0.118. The van der Waals surface area contributed by atoms with Crippen LogP contribution in [0.5, 0.6) is 0 Å². The molecule has 0 radical (unpaired) electrons. The van der Waals surface area contributed by atoms with E-state index in [1.54, 1.807) is 12.4 Å². The zero-order valence-electron chi connectivity index (χ0n) is 12.7. The lowest BCUT2D eigenvalue weighted by atomic mass is 10.2. The second-order valence-electron chi connectivity index (χ2n) is 5.56. The quantitative estimate of drug-likeness (QED) is 0.612. The number of nitrogens with one attached hydrogen (secondary N) is 1. The predicted octanol–water partition coefficient (Wildman–Crippen LogP) is 3.78. The van der Waals surface area contributed by atoms with Gasteiger partial charge in [0.15, 0.2) is 5.82 Å². The summed E-state index contributed by atoms with van der Waals surface area (Å²) in [6.07, 6.45) is 1.67. The lowest BCUT2D eigenvalue weighted by molar-refractivity contribution is 0.627. The summed E-state index contributed by atoms with van der Waals surface area (Å²) in [4.78, 5) is 4.65. The van der Waals surface area contributed by atoms with Crippen molar-refractivity contribution < 1.29 is 4.39 Å². The summed E-state index contributed by atoms with van der Waals surface area (Å²) in [7, 11) is 0. The van der Waals surface area contributed by atoms with E-state index in [0.717, 1.165) is 27.8 Å². The van der Waals surface area contributed by atoms with Crippen molar-refractivity contribution in [3.8, 4) is 0 Å². The zero-order chi connectivity index (χ0) is 16.0. The van der Waals surface area contributed by atoms with E-state index in [1.807, 2.05) is 36.4 Å². The van der Waals surface area contributed by atoms with Crippen LogP contribution in [0.25, 0.3) is 16.7 Å². The number of rotatable bonds is 2. The Hall–Kier alpha value is -3.02. The van der Waals surface area contributed by atoms with Gasteiger partial charge in [-0.3, -0.25) is 4.40 Å². The molecule has 0 saturated carbocycles. The molecule has 2 aromatic heterocycles. The lowest BCUT2D eigenvalue weighted by Crippen LogP contribution is -2.01. The van der Waals surface area contributed by atoms with E-state index in [0.29, 0.717) is 11.5 Å². The number of benzene rings is 2. The van der Waals surface area contributed by atoms with Crippen LogP contribution in [-0.2, 0) is 0 Å². The van der Waals surface area contributed by atoms with Crippen LogP contribution in [0.1, 0.15) is 11.1 Å². The third-order valence-electron chi connectivity index (χ3n) is 3.82. The van der Waals surface area contributed by atoms with Crippen molar-refractivity contribution in [1.29, 1.82) is 0 Å². The fourth-order valence-corrected chi connectivity index (χ4v) is 2.64. The van der Waals surface area contributed by atoms with E-state index in [4.69, 9.17) is 0 Å². The van der Waals surface area contributed by atoms with Crippen LogP contribution in [0.2, 0.25) is 0 Å². The minimum absolute atomic E-state index is 0.261. The maximum Gasteiger partial charge on any atom is 0.204 e. The molecule has 6 heteroatoms. The highest BCUT2D eigenvalue weighted by molar-refractivity contribution is 5.84. The van der Waals surface area contributed by atoms with E-state index in [9.17, 15) is 4.39 Å². The molecule has 4 rings (SSSR count). The molecule has 0 aliphatic carbocycles. The maximum absolute atomic E-state index is 13.3. The highest BCUT2D eigenvalue weighted by Crippen LogP contribution is 2.25. The Labute approximate surface area is 131 Å². The smallest absolute Gasteiger partial charge is 0.204 e. The summed E-state index contributed by atoms with van der Waals surface area (Å²) < 4.78 is 15.2. The number of halogens is 1. The second-order valence-corrected chi connectivity index (χ2v) is 5.56. The molecule has 1 N–H and O–H groups in total. The number of anilines is 2. The van der Waals surface area contributed by atoms with E-state index >= 15 is 0 Å². The molecular formula is C17H14FN5. The largest absolute Gasteiger partial charge is 0.337 e. The summed E-state index contributed by atoms with van der Waals surface area (Å²) in [5.74, 6) is 0.330. The number of aryl methyl sites for hydroxylation is 2. The minimum Gasteiger partial charge on any atom is -0.337 e. The van der Waals surface area contributed by atoms with E-state index in [1.165, 1.54) is 12.1 Å². The Bertz CT molecular complexity index is 1040. The van der Waals surface area contributed by atoms with Gasteiger partial charge in [-0.25, -0.2) is 9.37 Å². The molecule has 4 aromatic rings. The SMILES string of the molecule is Cc1ccc2nc(Nc3ccc(F)cc3C)c3nncn3c2c1. The number of fused-ring (bicyclic) bond motifs is 3. The van der Waals surface area contributed by atoms with Gasteiger partial charge in [-0.05, 0) is 55.3 Å². The summed E-state index contributed by atoms with van der Waals surface area (Å²) in [6, 6.07) is 10.6. The summed E-state index contributed by atoms with van der Waals surface area (Å²) in [5, 5.41) is 11.4. The van der Waals surface area contributed by atoms with Crippen molar-refractivity contribution in [3.05, 3.63) is 59.7 Å². The van der Waals surface area contributed by atoms with E-state index in [2.05, 4.69) is 20.5 Å². The molecule has 0 amide bonds. The first kappa shape index (κ1) is 13.6. The van der Waals surface area contributed by atoms with Gasteiger partial charge in [0.25, 0.3) is 0 Å². The molecule has 2 aromatic carbocycles.